The molecule has 0 nitrogen and oxygen atoms in total. The van der Waals surface area contributed by atoms with Gasteiger partial charge in [0.15, 0.2) is 0 Å². The van der Waals surface area contributed by atoms with Crippen molar-refractivity contribution in [2.24, 2.45) is 0 Å². The fraction of sp³-hybridized carbons (Fsp3) is 0. The van der Waals surface area contributed by atoms with E-state index in [1.807, 2.05) is 0 Å². The number of benzene rings is 2. The SMILES string of the molecule is c1cc[c]([Pb][c]2ccccc2)cc1. The van der Waals surface area contributed by atoms with Crippen LogP contribution in [-0.4, -0.2) is 24.2 Å². The molecule has 1 heteroatoms. The van der Waals surface area contributed by atoms with Crippen LogP contribution in [0.15, 0.2) is 60.7 Å². The van der Waals surface area contributed by atoms with E-state index < -0.39 is 24.2 Å². The Balaban J connectivity index is 2.16. The first-order valence-electron chi connectivity index (χ1n) is 4.32. The Bertz CT molecular complexity index is 316. The van der Waals surface area contributed by atoms with Crippen molar-refractivity contribution < 1.29 is 0 Å². The van der Waals surface area contributed by atoms with Gasteiger partial charge in [-0.3, -0.25) is 0 Å². The molecule has 0 N–H and O–H groups in total. The Labute approximate surface area is 90.8 Å². The van der Waals surface area contributed by atoms with Gasteiger partial charge >= 0.3 is 91.1 Å². The van der Waals surface area contributed by atoms with E-state index in [9.17, 15) is 0 Å². The molecule has 2 radical (unpaired) electrons. The number of hydrogen-bond donors (Lipinski definition) is 0. The quantitative estimate of drug-likeness (QED) is 0.709. The van der Waals surface area contributed by atoms with E-state index >= 15 is 0 Å². The van der Waals surface area contributed by atoms with Crippen molar-refractivity contribution >= 4 is 30.5 Å². The van der Waals surface area contributed by atoms with E-state index in [2.05, 4.69) is 60.7 Å². The van der Waals surface area contributed by atoms with Gasteiger partial charge in [-0.05, 0) is 0 Å². The van der Waals surface area contributed by atoms with Crippen molar-refractivity contribution in [2.45, 2.75) is 0 Å². The summed E-state index contributed by atoms with van der Waals surface area (Å²) in [5, 5.41) is 0. The van der Waals surface area contributed by atoms with Gasteiger partial charge in [0, 0.05) is 0 Å². The molecule has 0 aliphatic heterocycles. The molecule has 0 heterocycles. The van der Waals surface area contributed by atoms with Crippen LogP contribution in [0.3, 0.4) is 0 Å². The van der Waals surface area contributed by atoms with Crippen molar-refractivity contribution in [3.05, 3.63) is 60.7 Å². The second-order valence-electron chi connectivity index (χ2n) is 2.86. The topological polar surface area (TPSA) is 0 Å². The molecular formula is C12H10Pb. The number of rotatable bonds is 2. The van der Waals surface area contributed by atoms with Crippen LogP contribution in [-0.2, 0) is 0 Å². The van der Waals surface area contributed by atoms with E-state index in [1.165, 1.54) is 0 Å². The van der Waals surface area contributed by atoms with E-state index in [1.54, 1.807) is 6.25 Å². The van der Waals surface area contributed by atoms with Gasteiger partial charge in [0.05, 0.1) is 0 Å². The van der Waals surface area contributed by atoms with Crippen LogP contribution in [0.1, 0.15) is 0 Å². The Morgan fingerprint density at radius 1 is 0.538 bits per heavy atom. The zero-order valence-electron chi connectivity index (χ0n) is 7.27. The molecule has 0 saturated carbocycles. The third kappa shape index (κ3) is 2.66. The minimum atomic E-state index is -0.740. The molecule has 2 aromatic carbocycles. The van der Waals surface area contributed by atoms with Crippen molar-refractivity contribution in [3.63, 3.8) is 0 Å². The third-order valence-electron chi connectivity index (χ3n) is 1.84. The summed E-state index contributed by atoms with van der Waals surface area (Å²) in [6.45, 7) is 0. The van der Waals surface area contributed by atoms with E-state index in [-0.39, 0.29) is 0 Å². The van der Waals surface area contributed by atoms with Gasteiger partial charge in [-0.15, -0.1) is 0 Å². The summed E-state index contributed by atoms with van der Waals surface area (Å²) in [7, 11) is 0. The second-order valence-corrected chi connectivity index (χ2v) is 8.32. The van der Waals surface area contributed by atoms with Crippen LogP contribution in [0.25, 0.3) is 0 Å². The Morgan fingerprint density at radius 3 is 1.31 bits per heavy atom. The Hall–Kier alpha value is -0.638. The van der Waals surface area contributed by atoms with Gasteiger partial charge in [0.1, 0.15) is 0 Å². The first-order chi connectivity index (χ1) is 6.45. The van der Waals surface area contributed by atoms with Crippen LogP contribution in [0.4, 0.5) is 0 Å². The molecule has 2 rings (SSSR count). The summed E-state index contributed by atoms with van der Waals surface area (Å²) in [5.41, 5.74) is 0. The van der Waals surface area contributed by atoms with Crippen molar-refractivity contribution in [1.82, 2.24) is 0 Å². The maximum atomic E-state index is 2.25. The molecule has 13 heavy (non-hydrogen) atoms. The standard InChI is InChI=1S/2C6H5.Pb/c2*1-2-4-6-5-3-1;/h2*1-5H;. The van der Waals surface area contributed by atoms with E-state index in [4.69, 9.17) is 0 Å². The fourth-order valence-electron chi connectivity index (χ4n) is 1.21. The predicted octanol–water partition coefficient (Wildman–Crippen LogP) is 1.34. The Morgan fingerprint density at radius 2 is 0.923 bits per heavy atom. The molecule has 2 aromatic rings. The molecule has 0 amide bonds. The average Bonchev–Trinajstić information content (AvgIpc) is 2.21. The number of hydrogen-bond acceptors (Lipinski definition) is 0. The first-order valence-corrected chi connectivity index (χ1v) is 8.21. The predicted molar refractivity (Wildman–Crippen MR) is 57.9 cm³/mol. The van der Waals surface area contributed by atoms with Crippen LogP contribution in [0.2, 0.25) is 0 Å². The molecule has 62 valence electrons. The molecule has 0 saturated heterocycles. The van der Waals surface area contributed by atoms with Gasteiger partial charge in [0.25, 0.3) is 0 Å². The van der Waals surface area contributed by atoms with E-state index in [0.29, 0.717) is 0 Å². The van der Waals surface area contributed by atoms with Gasteiger partial charge in [0.2, 0.25) is 0 Å². The summed E-state index contributed by atoms with van der Waals surface area (Å²) < 4.78 is 3.13. The van der Waals surface area contributed by atoms with Crippen molar-refractivity contribution in [3.8, 4) is 0 Å². The van der Waals surface area contributed by atoms with Gasteiger partial charge in [-0.1, -0.05) is 0 Å². The van der Waals surface area contributed by atoms with Crippen LogP contribution in [0, 0.1) is 0 Å². The zero-order valence-corrected chi connectivity index (χ0v) is 11.2. The molecule has 0 spiro atoms. The molecule has 0 bridgehead atoms. The van der Waals surface area contributed by atoms with Crippen LogP contribution < -0.4 is 6.25 Å². The monoisotopic (exact) mass is 362 g/mol. The Kier molecular flexibility index (Phi) is 3.13. The van der Waals surface area contributed by atoms with Crippen LogP contribution in [0.5, 0.6) is 0 Å². The van der Waals surface area contributed by atoms with Gasteiger partial charge in [-0.25, -0.2) is 0 Å². The summed E-state index contributed by atoms with van der Waals surface area (Å²) in [4.78, 5) is 0. The molecular weight excluding hydrogens is 351 g/mol. The molecule has 0 fully saturated rings. The second kappa shape index (κ2) is 4.56. The summed E-state index contributed by atoms with van der Waals surface area (Å²) in [6.07, 6.45) is 0. The normalized spacial score (nSPS) is 9.85. The first kappa shape index (κ1) is 8.94. The molecule has 0 aliphatic carbocycles. The van der Waals surface area contributed by atoms with E-state index in [0.717, 1.165) is 0 Å². The molecule has 0 unspecified atom stereocenters. The van der Waals surface area contributed by atoms with Gasteiger partial charge in [-0.2, -0.15) is 0 Å². The molecule has 0 aromatic heterocycles. The molecule has 0 aliphatic rings. The summed E-state index contributed by atoms with van der Waals surface area (Å²) in [6, 6.07) is 21.7. The minimum absolute atomic E-state index is 0.740. The fourth-order valence-corrected chi connectivity index (χ4v) is 5.30. The average molecular weight is 361 g/mol. The van der Waals surface area contributed by atoms with Crippen molar-refractivity contribution in [1.29, 1.82) is 0 Å². The van der Waals surface area contributed by atoms with Gasteiger partial charge < -0.3 is 0 Å². The molecule has 0 atom stereocenters. The van der Waals surface area contributed by atoms with Crippen molar-refractivity contribution in [2.75, 3.05) is 0 Å². The zero-order chi connectivity index (χ0) is 8.93. The summed E-state index contributed by atoms with van der Waals surface area (Å²) >= 11 is -0.740. The van der Waals surface area contributed by atoms with Crippen LogP contribution >= 0.6 is 0 Å². The maximum absolute atomic E-state index is 2.25. The summed E-state index contributed by atoms with van der Waals surface area (Å²) in [5.74, 6) is 0. The third-order valence-corrected chi connectivity index (χ3v) is 6.67.